The molecule has 0 radical (unpaired) electrons. The molecular weight excluding hydrogens is 246 g/mol. The van der Waals surface area contributed by atoms with Crippen LogP contribution in [0.1, 0.15) is 44.6 Å². The molecule has 2 fully saturated rings. The zero-order chi connectivity index (χ0) is 13.9. The molecule has 3 heteroatoms. The third-order valence-corrected chi connectivity index (χ3v) is 5.07. The van der Waals surface area contributed by atoms with Crippen molar-refractivity contribution in [2.24, 2.45) is 5.92 Å². The molecule has 1 aromatic rings. The first-order valence-electron chi connectivity index (χ1n) is 8.16. The predicted octanol–water partition coefficient (Wildman–Crippen LogP) is 3.14. The molecule has 0 unspecified atom stereocenters. The molecule has 1 saturated heterocycles. The summed E-state index contributed by atoms with van der Waals surface area (Å²) in [7, 11) is 0. The Kier molecular flexibility index (Phi) is 4.25. The van der Waals surface area contributed by atoms with Crippen molar-refractivity contribution in [3.63, 3.8) is 0 Å². The molecule has 1 saturated carbocycles. The molecule has 1 aliphatic heterocycles. The summed E-state index contributed by atoms with van der Waals surface area (Å²) in [6, 6.07) is 5.72. The van der Waals surface area contributed by atoms with Crippen LogP contribution < -0.4 is 10.2 Å². The smallest absolute Gasteiger partial charge is 0.128 e. The first kappa shape index (κ1) is 13.9. The van der Waals surface area contributed by atoms with E-state index in [1.807, 2.05) is 6.20 Å². The van der Waals surface area contributed by atoms with Crippen LogP contribution in [-0.4, -0.2) is 30.2 Å². The van der Waals surface area contributed by atoms with E-state index in [1.54, 1.807) is 0 Å². The lowest BCUT2D eigenvalue weighted by atomic mass is 9.80. The Morgan fingerprint density at radius 2 is 1.95 bits per heavy atom. The second-order valence-electron chi connectivity index (χ2n) is 6.60. The van der Waals surface area contributed by atoms with Crippen LogP contribution in [-0.2, 0) is 0 Å². The number of piperidine rings is 1. The van der Waals surface area contributed by atoms with E-state index < -0.39 is 0 Å². The lowest BCUT2D eigenvalue weighted by molar-refractivity contribution is 0.217. The Balaban J connectivity index is 1.47. The van der Waals surface area contributed by atoms with E-state index in [4.69, 9.17) is 0 Å². The third kappa shape index (κ3) is 3.14. The summed E-state index contributed by atoms with van der Waals surface area (Å²) in [6.45, 7) is 6.72. The van der Waals surface area contributed by atoms with Crippen molar-refractivity contribution in [3.05, 3.63) is 23.9 Å². The Labute approximate surface area is 122 Å². The van der Waals surface area contributed by atoms with Crippen LogP contribution in [0.4, 0.5) is 5.82 Å². The van der Waals surface area contributed by atoms with Gasteiger partial charge in [0.15, 0.2) is 0 Å². The largest absolute Gasteiger partial charge is 0.357 e. The maximum absolute atomic E-state index is 4.54. The van der Waals surface area contributed by atoms with Gasteiger partial charge in [-0.1, -0.05) is 12.5 Å². The number of nitrogens with zero attached hydrogens (tertiary/aromatic N) is 2. The molecule has 3 nitrogen and oxygen atoms in total. The zero-order valence-electron chi connectivity index (χ0n) is 12.8. The second-order valence-corrected chi connectivity index (χ2v) is 6.60. The van der Waals surface area contributed by atoms with Gasteiger partial charge >= 0.3 is 0 Å². The molecule has 3 rings (SSSR count). The molecule has 0 spiro atoms. The van der Waals surface area contributed by atoms with Gasteiger partial charge < -0.3 is 10.2 Å². The Morgan fingerprint density at radius 1 is 1.20 bits per heavy atom. The van der Waals surface area contributed by atoms with Crippen LogP contribution in [0.25, 0.3) is 0 Å². The SMILES string of the molecule is Cc1ccc(N2CCC(N[C@H](C)C3CCC3)CC2)nc1. The van der Waals surface area contributed by atoms with Crippen LogP contribution in [0.5, 0.6) is 0 Å². The van der Waals surface area contributed by atoms with Crippen molar-refractivity contribution in [1.82, 2.24) is 10.3 Å². The van der Waals surface area contributed by atoms with E-state index in [-0.39, 0.29) is 0 Å². The summed E-state index contributed by atoms with van der Waals surface area (Å²) >= 11 is 0. The molecule has 1 aliphatic carbocycles. The van der Waals surface area contributed by atoms with E-state index in [1.165, 1.54) is 37.7 Å². The minimum absolute atomic E-state index is 0.701. The fourth-order valence-corrected chi connectivity index (χ4v) is 3.37. The molecule has 20 heavy (non-hydrogen) atoms. The highest BCUT2D eigenvalue weighted by Gasteiger charge is 2.27. The Bertz CT molecular complexity index is 416. The monoisotopic (exact) mass is 273 g/mol. The van der Waals surface area contributed by atoms with Gasteiger partial charge in [0.05, 0.1) is 0 Å². The Morgan fingerprint density at radius 3 is 2.50 bits per heavy atom. The standard InChI is InChI=1S/C17H27N3/c1-13-6-7-17(18-12-13)20-10-8-16(9-11-20)19-14(2)15-4-3-5-15/h6-7,12,14-16,19H,3-5,8-11H2,1-2H3/t14-/m1/s1. The first-order chi connectivity index (χ1) is 9.72. The van der Waals surface area contributed by atoms with Gasteiger partial charge in [-0.3, -0.25) is 0 Å². The minimum Gasteiger partial charge on any atom is -0.357 e. The molecule has 1 aromatic heterocycles. The topological polar surface area (TPSA) is 28.2 Å². The van der Waals surface area contributed by atoms with Crippen molar-refractivity contribution < 1.29 is 0 Å². The predicted molar refractivity (Wildman–Crippen MR) is 84.1 cm³/mol. The maximum Gasteiger partial charge on any atom is 0.128 e. The van der Waals surface area contributed by atoms with Crippen molar-refractivity contribution in [3.8, 4) is 0 Å². The summed E-state index contributed by atoms with van der Waals surface area (Å²) in [5, 5.41) is 3.85. The first-order valence-corrected chi connectivity index (χ1v) is 8.16. The van der Waals surface area contributed by atoms with Crippen LogP contribution in [0.15, 0.2) is 18.3 Å². The average Bonchev–Trinajstić information content (AvgIpc) is 2.38. The van der Waals surface area contributed by atoms with Gasteiger partial charge in [-0.25, -0.2) is 4.98 Å². The molecule has 1 atom stereocenters. The summed E-state index contributed by atoms with van der Waals surface area (Å²) in [6.07, 6.45) is 8.76. The number of aryl methyl sites for hydroxylation is 1. The van der Waals surface area contributed by atoms with Gasteiger partial charge in [0.2, 0.25) is 0 Å². The van der Waals surface area contributed by atoms with Crippen molar-refractivity contribution in [2.45, 2.75) is 58.0 Å². The molecular formula is C17H27N3. The molecule has 0 bridgehead atoms. The lowest BCUT2D eigenvalue weighted by Gasteiger charge is -2.38. The zero-order valence-corrected chi connectivity index (χ0v) is 12.8. The molecule has 1 N–H and O–H groups in total. The van der Waals surface area contributed by atoms with Crippen molar-refractivity contribution in [2.75, 3.05) is 18.0 Å². The van der Waals surface area contributed by atoms with Crippen LogP contribution >= 0.6 is 0 Å². The fraction of sp³-hybridized carbons (Fsp3) is 0.706. The molecule has 110 valence electrons. The van der Waals surface area contributed by atoms with Gasteiger partial charge in [0.1, 0.15) is 5.82 Å². The number of hydrogen-bond acceptors (Lipinski definition) is 3. The number of anilines is 1. The number of pyridine rings is 1. The van der Waals surface area contributed by atoms with Gasteiger partial charge in [0.25, 0.3) is 0 Å². The van der Waals surface area contributed by atoms with Gasteiger partial charge in [-0.2, -0.15) is 0 Å². The highest BCUT2D eigenvalue weighted by molar-refractivity contribution is 5.39. The highest BCUT2D eigenvalue weighted by atomic mass is 15.2. The summed E-state index contributed by atoms with van der Waals surface area (Å²) in [5.74, 6) is 2.08. The van der Waals surface area contributed by atoms with Gasteiger partial charge in [-0.05, 0) is 57.1 Å². The molecule has 2 aliphatic rings. The van der Waals surface area contributed by atoms with E-state index >= 15 is 0 Å². The normalized spacial score (nSPS) is 22.6. The number of aromatic nitrogens is 1. The molecule has 0 aromatic carbocycles. The van der Waals surface area contributed by atoms with Gasteiger partial charge in [-0.15, -0.1) is 0 Å². The number of rotatable bonds is 4. The highest BCUT2D eigenvalue weighted by Crippen LogP contribution is 2.30. The molecule has 0 amide bonds. The maximum atomic E-state index is 4.54. The summed E-state index contributed by atoms with van der Waals surface area (Å²) in [4.78, 5) is 6.97. The van der Waals surface area contributed by atoms with E-state index in [0.717, 1.165) is 24.8 Å². The summed E-state index contributed by atoms with van der Waals surface area (Å²) in [5.41, 5.74) is 1.24. The van der Waals surface area contributed by atoms with E-state index in [0.29, 0.717) is 12.1 Å². The minimum atomic E-state index is 0.701. The summed E-state index contributed by atoms with van der Waals surface area (Å²) < 4.78 is 0. The number of hydrogen-bond donors (Lipinski definition) is 1. The fourth-order valence-electron chi connectivity index (χ4n) is 3.37. The van der Waals surface area contributed by atoms with E-state index in [9.17, 15) is 0 Å². The lowest BCUT2D eigenvalue weighted by Crippen LogP contribution is -2.48. The van der Waals surface area contributed by atoms with Crippen molar-refractivity contribution in [1.29, 1.82) is 0 Å². The van der Waals surface area contributed by atoms with Crippen molar-refractivity contribution >= 4 is 5.82 Å². The van der Waals surface area contributed by atoms with Gasteiger partial charge in [0, 0.05) is 31.4 Å². The second kappa shape index (κ2) is 6.13. The Hall–Kier alpha value is -1.09. The average molecular weight is 273 g/mol. The van der Waals surface area contributed by atoms with Crippen LogP contribution in [0.2, 0.25) is 0 Å². The van der Waals surface area contributed by atoms with Crippen LogP contribution in [0.3, 0.4) is 0 Å². The quantitative estimate of drug-likeness (QED) is 0.913. The third-order valence-electron chi connectivity index (χ3n) is 5.07. The molecule has 2 heterocycles. The van der Waals surface area contributed by atoms with E-state index in [2.05, 4.69) is 41.2 Å². The van der Waals surface area contributed by atoms with Crippen LogP contribution in [0, 0.1) is 12.8 Å². The number of nitrogens with one attached hydrogen (secondary N) is 1.